The molecule has 25 heavy (non-hydrogen) atoms. The zero-order chi connectivity index (χ0) is 17.2. The lowest BCUT2D eigenvalue weighted by molar-refractivity contribution is 0.102. The van der Waals surface area contributed by atoms with E-state index in [1.54, 1.807) is 36.4 Å². The Labute approximate surface area is 142 Å². The molecule has 4 aromatic rings. The van der Waals surface area contributed by atoms with Gasteiger partial charge in [0.05, 0.1) is 22.9 Å². The van der Waals surface area contributed by atoms with Crippen LogP contribution in [0.5, 0.6) is 0 Å². The quantitative estimate of drug-likeness (QED) is 0.589. The van der Waals surface area contributed by atoms with Crippen LogP contribution in [0.3, 0.4) is 0 Å². The summed E-state index contributed by atoms with van der Waals surface area (Å²) in [6.45, 7) is 0. The number of hydrogen-bond donors (Lipinski definition) is 2. The van der Waals surface area contributed by atoms with Crippen molar-refractivity contribution in [2.24, 2.45) is 0 Å². The van der Waals surface area contributed by atoms with E-state index in [1.165, 1.54) is 18.6 Å². The lowest BCUT2D eigenvalue weighted by Crippen LogP contribution is -2.10. The highest BCUT2D eigenvalue weighted by Crippen LogP contribution is 2.20. The molecule has 0 fully saturated rings. The first-order valence-electron chi connectivity index (χ1n) is 7.74. The number of H-pyrrole nitrogens is 1. The molecule has 124 valence electrons. The maximum absolute atomic E-state index is 13.8. The Hall–Kier alpha value is -3.41. The van der Waals surface area contributed by atoms with Crippen molar-refractivity contribution in [1.29, 1.82) is 0 Å². The molecule has 2 heterocycles. The van der Waals surface area contributed by atoms with Crippen molar-refractivity contribution in [3.8, 4) is 0 Å². The molecular weight excluding hydrogens is 321 g/mol. The molecule has 0 spiro atoms. The number of nitrogens with zero attached hydrogens (tertiary/aromatic N) is 1. The fraction of sp³-hybridized carbons (Fsp3) is 0.0526. The minimum atomic E-state index is -0.254. The van der Waals surface area contributed by atoms with Crippen LogP contribution in [0.25, 0.3) is 11.0 Å². The van der Waals surface area contributed by atoms with E-state index >= 15 is 0 Å². The monoisotopic (exact) mass is 335 g/mol. The zero-order valence-corrected chi connectivity index (χ0v) is 13.1. The third-order valence-electron chi connectivity index (χ3n) is 3.89. The number of benzene rings is 2. The van der Waals surface area contributed by atoms with Crippen molar-refractivity contribution in [2.45, 2.75) is 6.42 Å². The van der Waals surface area contributed by atoms with Crippen LogP contribution in [-0.4, -0.2) is 15.9 Å². The number of aromatic nitrogens is 2. The highest BCUT2D eigenvalue weighted by molar-refractivity contribution is 6.04. The lowest BCUT2D eigenvalue weighted by atomic mass is 10.1. The van der Waals surface area contributed by atoms with Gasteiger partial charge in [0.15, 0.2) is 0 Å². The predicted octanol–water partition coefficient (Wildman–Crippen LogP) is 4.14. The summed E-state index contributed by atoms with van der Waals surface area (Å²) in [6, 6.07) is 13.6. The van der Waals surface area contributed by atoms with E-state index < -0.39 is 0 Å². The fourth-order valence-electron chi connectivity index (χ4n) is 2.64. The number of nitrogens with one attached hydrogen (secondary N) is 2. The van der Waals surface area contributed by atoms with Gasteiger partial charge in [-0.3, -0.25) is 4.79 Å². The summed E-state index contributed by atoms with van der Waals surface area (Å²) in [5, 5.41) is 2.80. The molecule has 0 aliphatic rings. The summed E-state index contributed by atoms with van der Waals surface area (Å²) in [6.07, 6.45) is 3.20. The Kier molecular flexibility index (Phi) is 3.78. The number of amides is 1. The largest absolute Gasteiger partial charge is 0.472 e. The molecule has 0 bridgehead atoms. The van der Waals surface area contributed by atoms with E-state index in [2.05, 4.69) is 15.3 Å². The molecule has 0 aliphatic carbocycles. The molecule has 2 aromatic carbocycles. The molecule has 0 radical (unpaired) electrons. The SMILES string of the molecule is O=C(Nc1ccc2nc(Cc3ccccc3F)[nH]c2c1)c1ccoc1. The number of rotatable bonds is 4. The third kappa shape index (κ3) is 3.14. The Morgan fingerprint density at radius 1 is 1.20 bits per heavy atom. The molecule has 0 saturated carbocycles. The van der Waals surface area contributed by atoms with Crippen molar-refractivity contribution >= 4 is 22.6 Å². The zero-order valence-electron chi connectivity index (χ0n) is 13.1. The predicted molar refractivity (Wildman–Crippen MR) is 92.0 cm³/mol. The second kappa shape index (κ2) is 6.24. The number of hydrogen-bond acceptors (Lipinski definition) is 3. The summed E-state index contributed by atoms with van der Waals surface area (Å²) < 4.78 is 18.7. The van der Waals surface area contributed by atoms with Gasteiger partial charge in [-0.15, -0.1) is 0 Å². The van der Waals surface area contributed by atoms with Gasteiger partial charge in [-0.1, -0.05) is 18.2 Å². The number of fused-ring (bicyclic) bond motifs is 1. The van der Waals surface area contributed by atoms with E-state index in [0.29, 0.717) is 29.1 Å². The summed E-state index contributed by atoms with van der Waals surface area (Å²) in [5.41, 5.74) is 3.20. The highest BCUT2D eigenvalue weighted by Gasteiger charge is 2.10. The van der Waals surface area contributed by atoms with Crippen molar-refractivity contribution in [3.05, 3.63) is 83.8 Å². The number of carbonyl (C=O) groups excluding carboxylic acids is 1. The second-order valence-corrected chi connectivity index (χ2v) is 5.65. The summed E-state index contributed by atoms with van der Waals surface area (Å²) in [5.74, 6) is 0.161. The average Bonchev–Trinajstić information content (AvgIpc) is 3.26. The number of anilines is 1. The van der Waals surface area contributed by atoms with Gasteiger partial charge in [0.1, 0.15) is 17.9 Å². The van der Waals surface area contributed by atoms with Crippen LogP contribution < -0.4 is 5.32 Å². The van der Waals surface area contributed by atoms with Crippen LogP contribution in [-0.2, 0) is 6.42 Å². The van der Waals surface area contributed by atoms with E-state index in [9.17, 15) is 9.18 Å². The minimum absolute atomic E-state index is 0.251. The Morgan fingerprint density at radius 2 is 2.08 bits per heavy atom. The Balaban J connectivity index is 1.57. The minimum Gasteiger partial charge on any atom is -0.472 e. The first-order valence-corrected chi connectivity index (χ1v) is 7.74. The van der Waals surface area contributed by atoms with Crippen molar-refractivity contribution < 1.29 is 13.6 Å². The normalized spacial score (nSPS) is 10.9. The van der Waals surface area contributed by atoms with Gasteiger partial charge in [0.25, 0.3) is 5.91 Å². The van der Waals surface area contributed by atoms with E-state index in [-0.39, 0.29) is 11.7 Å². The first-order chi connectivity index (χ1) is 12.2. The van der Waals surface area contributed by atoms with Crippen molar-refractivity contribution in [2.75, 3.05) is 5.32 Å². The van der Waals surface area contributed by atoms with Crippen LogP contribution >= 0.6 is 0 Å². The standard InChI is InChI=1S/C19H14FN3O2/c20-15-4-2-1-3-12(15)9-18-22-16-6-5-14(10-17(16)23-18)21-19(24)13-7-8-25-11-13/h1-8,10-11H,9H2,(H,21,24)(H,22,23). The molecule has 0 aliphatic heterocycles. The van der Waals surface area contributed by atoms with Crippen LogP contribution in [0, 0.1) is 5.82 Å². The Morgan fingerprint density at radius 3 is 2.88 bits per heavy atom. The van der Waals surface area contributed by atoms with Crippen molar-refractivity contribution in [3.63, 3.8) is 0 Å². The van der Waals surface area contributed by atoms with Gasteiger partial charge in [0.2, 0.25) is 0 Å². The van der Waals surface area contributed by atoms with E-state index in [4.69, 9.17) is 4.42 Å². The van der Waals surface area contributed by atoms with Gasteiger partial charge in [-0.2, -0.15) is 0 Å². The molecule has 1 amide bonds. The summed E-state index contributed by atoms with van der Waals surface area (Å²) in [4.78, 5) is 19.7. The van der Waals surface area contributed by atoms with E-state index in [0.717, 1.165) is 11.0 Å². The van der Waals surface area contributed by atoms with Gasteiger partial charge in [-0.25, -0.2) is 9.37 Å². The third-order valence-corrected chi connectivity index (χ3v) is 3.89. The number of halogens is 1. The van der Waals surface area contributed by atoms with Gasteiger partial charge in [-0.05, 0) is 35.9 Å². The van der Waals surface area contributed by atoms with Crippen LogP contribution in [0.1, 0.15) is 21.7 Å². The van der Waals surface area contributed by atoms with Crippen molar-refractivity contribution in [1.82, 2.24) is 9.97 Å². The molecule has 4 rings (SSSR count). The van der Waals surface area contributed by atoms with Crippen LogP contribution in [0.4, 0.5) is 10.1 Å². The number of furan rings is 1. The molecule has 0 saturated heterocycles. The number of carbonyl (C=O) groups is 1. The Bertz CT molecular complexity index is 1040. The molecule has 0 atom stereocenters. The van der Waals surface area contributed by atoms with Crippen LogP contribution in [0.15, 0.2) is 65.5 Å². The maximum Gasteiger partial charge on any atom is 0.258 e. The number of imidazole rings is 1. The average molecular weight is 335 g/mol. The highest BCUT2D eigenvalue weighted by atomic mass is 19.1. The van der Waals surface area contributed by atoms with Gasteiger partial charge in [0, 0.05) is 12.1 Å². The summed E-state index contributed by atoms with van der Waals surface area (Å²) in [7, 11) is 0. The number of aromatic amines is 1. The smallest absolute Gasteiger partial charge is 0.258 e. The molecular formula is C19H14FN3O2. The maximum atomic E-state index is 13.8. The van der Waals surface area contributed by atoms with Gasteiger partial charge < -0.3 is 14.7 Å². The lowest BCUT2D eigenvalue weighted by Gasteiger charge is -2.02. The fourth-order valence-corrected chi connectivity index (χ4v) is 2.64. The molecule has 2 aromatic heterocycles. The van der Waals surface area contributed by atoms with Crippen LogP contribution in [0.2, 0.25) is 0 Å². The van der Waals surface area contributed by atoms with E-state index in [1.807, 2.05) is 6.07 Å². The topological polar surface area (TPSA) is 70.9 Å². The first kappa shape index (κ1) is 15.1. The molecule has 6 heteroatoms. The molecule has 2 N–H and O–H groups in total. The molecule has 0 unspecified atom stereocenters. The second-order valence-electron chi connectivity index (χ2n) is 5.65. The van der Waals surface area contributed by atoms with Gasteiger partial charge >= 0.3 is 0 Å². The molecule has 5 nitrogen and oxygen atoms in total. The summed E-state index contributed by atoms with van der Waals surface area (Å²) >= 11 is 0.